The Labute approximate surface area is 876 Å². The van der Waals surface area contributed by atoms with Gasteiger partial charge in [0.25, 0.3) is 0 Å². The fourth-order valence-corrected chi connectivity index (χ4v) is 13.4. The van der Waals surface area contributed by atoms with Crippen molar-refractivity contribution in [2.45, 2.75) is 24.7 Å². The molecule has 0 saturated carbocycles. The van der Waals surface area contributed by atoms with Crippen molar-refractivity contribution in [3.63, 3.8) is 0 Å². The van der Waals surface area contributed by atoms with E-state index in [4.69, 9.17) is 60.0 Å². The van der Waals surface area contributed by atoms with E-state index in [9.17, 15) is 60.7 Å². The van der Waals surface area contributed by atoms with Gasteiger partial charge in [-0.3, -0.25) is 60.0 Å². The van der Waals surface area contributed by atoms with Gasteiger partial charge in [0.2, 0.25) is 0 Å². The van der Waals surface area contributed by atoms with Crippen LogP contribution in [0, 0.1) is 76.3 Å². The number of carbonyl (C=O) groups excluding carboxylic acids is 2. The van der Waals surface area contributed by atoms with Crippen LogP contribution in [0.5, 0.6) is 92.0 Å². The third-order valence-electron chi connectivity index (χ3n) is 19.2. The largest absolute Gasteiger partial charge is 3.00 e. The molecule has 130 heavy (non-hydrogen) atoms. The van der Waals surface area contributed by atoms with Gasteiger partial charge in [-0.05, 0) is 93.0 Å². The van der Waals surface area contributed by atoms with E-state index in [0.29, 0.717) is 133 Å². The molecule has 4 fully saturated rings. The van der Waals surface area contributed by atoms with Gasteiger partial charge < -0.3 is 166 Å². The first-order valence-electron chi connectivity index (χ1n) is 37.2. The second kappa shape index (κ2) is 67.8. The number of amides is 2. The number of nitrogens with one attached hydrogen (secondary N) is 2. The summed E-state index contributed by atoms with van der Waals surface area (Å²) < 4.78 is 40.5. The average molecular weight is 2340 g/mol. The summed E-state index contributed by atoms with van der Waals surface area (Å²) in [5.41, 5.74) is 30.7. The summed E-state index contributed by atoms with van der Waals surface area (Å²) in [5, 5.41) is 129. The Kier molecular flexibility index (Phi) is 66.8. The molecule has 6 N–H and O–H groups in total. The summed E-state index contributed by atoms with van der Waals surface area (Å²) in [6, 6.07) is 40.3. The van der Waals surface area contributed by atoms with Gasteiger partial charge in [-0.2, -0.15) is 0 Å². The van der Waals surface area contributed by atoms with E-state index >= 15 is 0 Å². The zero-order valence-electron chi connectivity index (χ0n) is 72.3. The molecule has 40 nitrogen and oxygen atoms in total. The summed E-state index contributed by atoms with van der Waals surface area (Å²) in [6.07, 6.45) is 1.53. The topological polar surface area (TPSA) is 612 Å². The second-order valence-corrected chi connectivity index (χ2v) is 25.9. The maximum atomic E-state index is 12.6. The number of benzene rings is 8. The van der Waals surface area contributed by atoms with E-state index in [-0.39, 0.29) is 284 Å². The Bertz CT molecular complexity index is 4620. The number of carboxylic acid groups (broad SMARTS) is 2. The van der Waals surface area contributed by atoms with Crippen LogP contribution >= 0.6 is 0 Å². The second-order valence-electron chi connectivity index (χ2n) is 25.9. The Balaban J connectivity index is -0.000000778. The first kappa shape index (κ1) is 128. The van der Waals surface area contributed by atoms with Crippen LogP contribution < -0.4 is 124 Å². The molecule has 0 bridgehead atoms. The van der Waals surface area contributed by atoms with E-state index in [0.717, 1.165) is 36.0 Å². The van der Waals surface area contributed by atoms with Crippen LogP contribution in [0.1, 0.15) is 69.2 Å². The number of aliphatic imine (C=N–C) groups is 4. The van der Waals surface area contributed by atoms with Crippen molar-refractivity contribution in [1.29, 1.82) is 0 Å². The zero-order valence-corrected chi connectivity index (χ0v) is 89.8. The molecule has 4 aliphatic heterocycles. The molecule has 48 heteroatoms. The summed E-state index contributed by atoms with van der Waals surface area (Å²) in [7, 11) is 11.6. The summed E-state index contributed by atoms with van der Waals surface area (Å²) in [6.45, 7) is 8.31. The number of hydrogen-bond acceptors (Lipinski definition) is 30. The molecule has 4 aliphatic rings. The van der Waals surface area contributed by atoms with Crippen LogP contribution in [0.15, 0.2) is 166 Å². The predicted molar refractivity (Wildman–Crippen MR) is 434 cm³/mol. The van der Waals surface area contributed by atoms with Crippen LogP contribution in [0.3, 0.4) is 0 Å². The summed E-state index contributed by atoms with van der Waals surface area (Å²) >= 11 is 0. The third-order valence-corrected chi connectivity index (χ3v) is 19.2. The standard InChI is InChI=1S/2C21H25N3O6.2C20H25N3O4.2ClH.2Dy.2N3.2H2O.4Zn/c2*1-29-16-7-3-5-14(18(16)25)13-22-9-10-23-11-12-24(21(27)28)20(23)15-6-4-8-17(30-2)19(15)26;2*1-26-16-7-3-5-14(18(16)24)13-21-9-11-23-12-10-22-20(23)15-6-4-8-17(27-2)19(15)25;;;;;2*1-3-2;;;;;;/h2*3-8,13,20,25-26H,9-12H2,1-2H3,(H,27,28);2*3-8,13,20,22,24-25H,9-12H2,1-2H3;2*1H;;;;;2*1H2;;;;/q;;;;;;2*+3;2*-1;;;4*+2/p-12/t4*20-;;;;;;;;;;;;/m1010............/s1. The van der Waals surface area contributed by atoms with Crippen molar-refractivity contribution >= 4 is 37.0 Å². The Morgan fingerprint density at radius 3 is 0.769 bits per heavy atom. The molecule has 8 aromatic rings. The van der Waals surface area contributed by atoms with E-state index < -0.39 is 24.5 Å². The molecular formula is C82H94Cl2Dy2N18O22Zn4. The van der Waals surface area contributed by atoms with Crippen molar-refractivity contribution < 1.29 is 289 Å². The van der Waals surface area contributed by atoms with Gasteiger partial charge in [0.05, 0.1) is 95.4 Å². The average Bonchev–Trinajstić information content (AvgIpc) is 0.950. The maximum Gasteiger partial charge on any atom is 3.00 e. The number of para-hydroxylation sites is 8. The Morgan fingerprint density at radius 2 is 0.546 bits per heavy atom. The van der Waals surface area contributed by atoms with Gasteiger partial charge in [0.1, 0.15) is 70.5 Å². The predicted octanol–water partition coefficient (Wildman–Crippen LogP) is -4.31. The molecule has 0 aliphatic carbocycles. The minimum Gasteiger partial charge on any atom is -1.00 e. The molecule has 4 saturated heterocycles. The van der Waals surface area contributed by atoms with Gasteiger partial charge in [0.15, 0.2) is 0 Å². The zero-order chi connectivity index (χ0) is 87.2. The van der Waals surface area contributed by atoms with Gasteiger partial charge >= 0.3 is 154 Å². The number of rotatable bonds is 28. The monoisotopic (exact) mass is 2340 g/mol. The third kappa shape index (κ3) is 35.6. The van der Waals surface area contributed by atoms with Crippen LogP contribution in [0.2, 0.25) is 0 Å². The number of halogens is 2. The molecular weight excluding hydrogens is 2250 g/mol. The van der Waals surface area contributed by atoms with E-state index in [2.05, 4.69) is 40.4 Å². The number of carbonyl (C=O) groups is 2. The van der Waals surface area contributed by atoms with Gasteiger partial charge in [-0.15, -0.1) is 0 Å². The van der Waals surface area contributed by atoms with Crippen molar-refractivity contribution in [2.24, 2.45) is 20.0 Å². The molecule has 2 amide bonds. The van der Waals surface area contributed by atoms with Crippen molar-refractivity contribution in [3.05, 3.63) is 222 Å². The molecule has 4 atom stereocenters. The summed E-state index contributed by atoms with van der Waals surface area (Å²) in [4.78, 5) is 53.8. The van der Waals surface area contributed by atoms with Gasteiger partial charge in [-0.25, -0.2) is 0 Å². The van der Waals surface area contributed by atoms with Crippen LogP contribution in [0.4, 0.5) is 9.59 Å². The van der Waals surface area contributed by atoms with Crippen LogP contribution in [-0.2, 0) is 77.9 Å². The fourth-order valence-electron chi connectivity index (χ4n) is 13.4. The van der Waals surface area contributed by atoms with E-state index in [1.165, 1.54) is 91.3 Å². The van der Waals surface area contributed by atoms with Crippen molar-refractivity contribution in [2.75, 3.05) is 162 Å². The van der Waals surface area contributed by atoms with Gasteiger partial charge in [0, 0.05) is 103 Å². The minimum atomic E-state index is -1.35. The van der Waals surface area contributed by atoms with Crippen LogP contribution in [-0.4, -0.2) is 239 Å². The summed E-state index contributed by atoms with van der Waals surface area (Å²) in [5.74, 6) is 0.332. The minimum absolute atomic E-state index is 0. The first-order chi connectivity index (χ1) is 58.1. The molecule has 0 spiro atoms. The molecule has 12 rings (SSSR count). The van der Waals surface area contributed by atoms with Gasteiger partial charge in [-0.1, -0.05) is 143 Å². The number of ether oxygens (including phenoxy) is 8. The van der Waals surface area contributed by atoms with Crippen molar-refractivity contribution in [1.82, 2.24) is 40.0 Å². The Hall–Kier alpha value is -8.30. The molecule has 4 heterocycles. The normalized spacial score (nSPS) is 15.2. The SMILES string of the molecule is COc1cccc(C=NCCN2CCN(C(=O)[O-])[C@@H]2c2cccc(OC)c2[O-])c1[O-].COc1cccc(C=NCCN2CCN(C(=O)[O-])[C@H]2c2cccc(OC)c2[O-])c1[O-].COc1cccc(C=NCCN2CCN[C@@H]2c2cccc(OC)c2[O-])c1[O-].COc1cccc(C=NCCN2CCN[C@H]2c2cccc(OC)c2[O-])c1[O-].O.O.[Cl-].[Cl-].[Dy+3].[Dy+3].[N-]=[N+]=[N-].[N-]=[N+]=[N-].[Zn+2].[Zn+2].[Zn+2].[Zn+2]. The van der Waals surface area contributed by atoms with E-state index in [1.807, 2.05) is 34.1 Å². The fraction of sp³-hybridized carbons (Fsp3) is 0.341. The van der Waals surface area contributed by atoms with E-state index in [1.54, 1.807) is 122 Å². The molecule has 2 radical (unpaired) electrons. The molecule has 686 valence electrons. The molecule has 0 aromatic heterocycles. The Morgan fingerprint density at radius 1 is 0.346 bits per heavy atom. The van der Waals surface area contributed by atoms with Crippen LogP contribution in [0.25, 0.3) is 31.9 Å². The quantitative estimate of drug-likeness (QED) is 0.0154. The molecule has 8 aromatic carbocycles. The first-order valence-corrected chi connectivity index (χ1v) is 37.2. The molecule has 0 unspecified atom stereocenters. The number of hydrogen-bond donors (Lipinski definition) is 2. The number of nitrogens with zero attached hydrogens (tertiary/aromatic N) is 16. The smallest absolute Gasteiger partial charge is 1.00 e. The maximum absolute atomic E-state index is 12.6. The van der Waals surface area contributed by atoms with Crippen molar-refractivity contribution in [3.8, 4) is 92.0 Å². The number of methoxy groups -OCH3 is 8.